The van der Waals surface area contributed by atoms with Crippen LogP contribution in [0.15, 0.2) is 16.8 Å². The van der Waals surface area contributed by atoms with Gasteiger partial charge in [-0.15, -0.1) is 0 Å². The lowest BCUT2D eigenvalue weighted by atomic mass is 9.94. The molecule has 0 aliphatic carbocycles. The van der Waals surface area contributed by atoms with Gasteiger partial charge < -0.3 is 10.6 Å². The topological polar surface area (TPSA) is 41.1 Å². The van der Waals surface area contributed by atoms with Crippen LogP contribution in [0.2, 0.25) is 0 Å². The molecule has 0 radical (unpaired) electrons. The average Bonchev–Trinajstić information content (AvgIpc) is 2.81. The molecule has 1 amide bonds. The Labute approximate surface area is 100 Å². The molecule has 16 heavy (non-hydrogen) atoms. The lowest BCUT2D eigenvalue weighted by Gasteiger charge is -2.21. The van der Waals surface area contributed by atoms with E-state index in [9.17, 15) is 4.79 Å². The van der Waals surface area contributed by atoms with Gasteiger partial charge in [0.1, 0.15) is 0 Å². The van der Waals surface area contributed by atoms with Crippen molar-refractivity contribution in [2.45, 2.75) is 25.8 Å². The maximum atomic E-state index is 11.7. The van der Waals surface area contributed by atoms with E-state index in [4.69, 9.17) is 0 Å². The Morgan fingerprint density at radius 2 is 2.31 bits per heavy atom. The van der Waals surface area contributed by atoms with E-state index >= 15 is 0 Å². The number of carbonyl (C=O) groups excluding carboxylic acids is 1. The molecule has 0 spiro atoms. The Morgan fingerprint density at radius 1 is 1.50 bits per heavy atom. The Kier molecular flexibility index (Phi) is 4.36. The van der Waals surface area contributed by atoms with Crippen molar-refractivity contribution < 1.29 is 4.79 Å². The number of nitrogens with one attached hydrogen (secondary N) is 2. The van der Waals surface area contributed by atoms with Gasteiger partial charge in [-0.2, -0.15) is 11.3 Å². The number of hydrogen-bond acceptors (Lipinski definition) is 3. The molecule has 1 aliphatic rings. The van der Waals surface area contributed by atoms with Crippen LogP contribution in [-0.4, -0.2) is 19.0 Å². The summed E-state index contributed by atoms with van der Waals surface area (Å²) >= 11 is 1.67. The number of rotatable bonds is 4. The Bertz CT molecular complexity index is 318. The summed E-state index contributed by atoms with van der Waals surface area (Å²) in [5, 5.41) is 10.4. The van der Waals surface area contributed by atoms with Crippen LogP contribution in [0.3, 0.4) is 0 Å². The highest BCUT2D eigenvalue weighted by Gasteiger charge is 2.16. The van der Waals surface area contributed by atoms with Crippen LogP contribution in [0, 0.1) is 5.92 Å². The Balaban J connectivity index is 1.67. The van der Waals surface area contributed by atoms with Crippen molar-refractivity contribution >= 4 is 17.2 Å². The maximum Gasteiger partial charge on any atom is 0.220 e. The lowest BCUT2D eigenvalue weighted by molar-refractivity contribution is -0.122. The van der Waals surface area contributed by atoms with Crippen molar-refractivity contribution in [2.75, 3.05) is 13.1 Å². The standard InChI is InChI=1S/C12H18N2OS/c15-12(7-10-1-4-13-5-2-10)14-8-11-3-6-16-9-11/h3,6,9-10,13H,1-2,4-5,7-8H2,(H,14,15). The van der Waals surface area contributed by atoms with E-state index < -0.39 is 0 Å². The second-order valence-corrected chi connectivity index (χ2v) is 5.09. The number of carbonyl (C=O) groups is 1. The molecule has 0 aromatic carbocycles. The van der Waals surface area contributed by atoms with Gasteiger partial charge in [-0.25, -0.2) is 0 Å². The molecule has 0 unspecified atom stereocenters. The molecule has 2 rings (SSSR count). The van der Waals surface area contributed by atoms with Gasteiger partial charge in [0.2, 0.25) is 5.91 Å². The fraction of sp³-hybridized carbons (Fsp3) is 0.583. The third-order valence-corrected chi connectivity index (χ3v) is 3.73. The monoisotopic (exact) mass is 238 g/mol. The maximum absolute atomic E-state index is 11.7. The van der Waals surface area contributed by atoms with Crippen molar-refractivity contribution in [2.24, 2.45) is 5.92 Å². The first-order valence-corrected chi connectivity index (χ1v) is 6.77. The van der Waals surface area contributed by atoms with Crippen molar-refractivity contribution in [3.05, 3.63) is 22.4 Å². The second kappa shape index (κ2) is 6.01. The first kappa shape index (κ1) is 11.6. The zero-order valence-corrected chi connectivity index (χ0v) is 10.2. The van der Waals surface area contributed by atoms with Gasteiger partial charge in [-0.05, 0) is 54.2 Å². The van der Waals surface area contributed by atoms with Gasteiger partial charge in [0.25, 0.3) is 0 Å². The zero-order valence-electron chi connectivity index (χ0n) is 9.37. The molecule has 2 heterocycles. The molecule has 1 aliphatic heterocycles. The molecule has 1 saturated heterocycles. The number of piperidine rings is 1. The van der Waals surface area contributed by atoms with E-state index in [-0.39, 0.29) is 5.91 Å². The van der Waals surface area contributed by atoms with Crippen LogP contribution in [0.1, 0.15) is 24.8 Å². The van der Waals surface area contributed by atoms with Gasteiger partial charge in [0.15, 0.2) is 0 Å². The smallest absolute Gasteiger partial charge is 0.220 e. The van der Waals surface area contributed by atoms with E-state index in [2.05, 4.69) is 22.1 Å². The van der Waals surface area contributed by atoms with Crippen LogP contribution in [-0.2, 0) is 11.3 Å². The van der Waals surface area contributed by atoms with Gasteiger partial charge in [-0.3, -0.25) is 4.79 Å². The minimum absolute atomic E-state index is 0.193. The highest BCUT2D eigenvalue weighted by molar-refractivity contribution is 7.07. The molecular weight excluding hydrogens is 220 g/mol. The van der Waals surface area contributed by atoms with Crippen molar-refractivity contribution in [3.8, 4) is 0 Å². The van der Waals surface area contributed by atoms with Crippen LogP contribution >= 0.6 is 11.3 Å². The van der Waals surface area contributed by atoms with E-state index in [1.807, 2.05) is 5.38 Å². The summed E-state index contributed by atoms with van der Waals surface area (Å²) in [5.74, 6) is 0.766. The molecule has 0 atom stereocenters. The van der Waals surface area contributed by atoms with E-state index in [0.717, 1.165) is 25.9 Å². The second-order valence-electron chi connectivity index (χ2n) is 4.31. The number of amides is 1. The lowest BCUT2D eigenvalue weighted by Crippen LogP contribution is -2.32. The highest BCUT2D eigenvalue weighted by Crippen LogP contribution is 2.15. The van der Waals surface area contributed by atoms with Crippen LogP contribution in [0.25, 0.3) is 0 Å². The SMILES string of the molecule is O=C(CC1CCNCC1)NCc1ccsc1. The van der Waals surface area contributed by atoms with E-state index in [1.54, 1.807) is 11.3 Å². The summed E-state index contributed by atoms with van der Waals surface area (Å²) in [4.78, 5) is 11.7. The van der Waals surface area contributed by atoms with Gasteiger partial charge >= 0.3 is 0 Å². The summed E-state index contributed by atoms with van der Waals surface area (Å²) in [6, 6.07) is 2.05. The summed E-state index contributed by atoms with van der Waals surface area (Å²) in [5.41, 5.74) is 1.20. The Hall–Kier alpha value is -0.870. The normalized spacial score (nSPS) is 17.2. The number of thiophene rings is 1. The molecule has 0 bridgehead atoms. The zero-order chi connectivity index (χ0) is 11.2. The summed E-state index contributed by atoms with van der Waals surface area (Å²) < 4.78 is 0. The van der Waals surface area contributed by atoms with Gasteiger partial charge in [-0.1, -0.05) is 0 Å². The van der Waals surface area contributed by atoms with Crippen molar-refractivity contribution in [1.29, 1.82) is 0 Å². The molecule has 4 heteroatoms. The van der Waals surface area contributed by atoms with E-state index in [1.165, 1.54) is 5.56 Å². The minimum Gasteiger partial charge on any atom is -0.352 e. The van der Waals surface area contributed by atoms with Crippen molar-refractivity contribution in [3.63, 3.8) is 0 Å². The first-order valence-electron chi connectivity index (χ1n) is 5.83. The molecule has 0 saturated carbocycles. The van der Waals surface area contributed by atoms with Gasteiger partial charge in [0, 0.05) is 13.0 Å². The fourth-order valence-corrected chi connectivity index (χ4v) is 2.68. The largest absolute Gasteiger partial charge is 0.352 e. The van der Waals surface area contributed by atoms with Gasteiger partial charge in [0.05, 0.1) is 0 Å². The molecule has 1 aromatic heterocycles. The van der Waals surface area contributed by atoms with Crippen LogP contribution < -0.4 is 10.6 Å². The van der Waals surface area contributed by atoms with E-state index in [0.29, 0.717) is 18.9 Å². The fourth-order valence-electron chi connectivity index (χ4n) is 2.01. The first-order chi connectivity index (χ1) is 7.84. The summed E-state index contributed by atoms with van der Waals surface area (Å²) in [6.07, 6.45) is 2.95. The molecular formula is C12H18N2OS. The quantitative estimate of drug-likeness (QED) is 0.839. The molecule has 1 aromatic rings. The highest BCUT2D eigenvalue weighted by atomic mass is 32.1. The van der Waals surface area contributed by atoms with Crippen LogP contribution in [0.4, 0.5) is 0 Å². The average molecular weight is 238 g/mol. The predicted molar refractivity (Wildman–Crippen MR) is 66.4 cm³/mol. The van der Waals surface area contributed by atoms with Crippen molar-refractivity contribution in [1.82, 2.24) is 10.6 Å². The minimum atomic E-state index is 0.193. The Morgan fingerprint density at radius 3 is 3.00 bits per heavy atom. The molecule has 3 nitrogen and oxygen atoms in total. The number of hydrogen-bond donors (Lipinski definition) is 2. The predicted octanol–water partition coefficient (Wildman–Crippen LogP) is 1.75. The third kappa shape index (κ3) is 3.61. The third-order valence-electron chi connectivity index (χ3n) is 3.00. The molecule has 88 valence electrons. The molecule has 2 N–H and O–H groups in total. The molecule has 1 fully saturated rings. The van der Waals surface area contributed by atoms with Crippen LogP contribution in [0.5, 0.6) is 0 Å². The summed E-state index contributed by atoms with van der Waals surface area (Å²) in [7, 11) is 0. The summed E-state index contributed by atoms with van der Waals surface area (Å²) in [6.45, 7) is 2.79.